The minimum Gasteiger partial charge on any atom is -0.506 e. The molecule has 0 unspecified atom stereocenters. The van der Waals surface area contributed by atoms with Gasteiger partial charge < -0.3 is 25.6 Å². The fourth-order valence-electron chi connectivity index (χ4n) is 2.87. The third-order valence-corrected chi connectivity index (χ3v) is 4.47. The number of hydrogen-bond donors (Lipinski definition) is 3. The van der Waals surface area contributed by atoms with Crippen LogP contribution in [0.2, 0.25) is 0 Å². The molecule has 0 atom stereocenters. The summed E-state index contributed by atoms with van der Waals surface area (Å²) in [5, 5.41) is 14.0. The van der Waals surface area contributed by atoms with Crippen molar-refractivity contribution in [3.63, 3.8) is 0 Å². The molecular formula is C20H21N3O3. The molecule has 3 aromatic rings. The SMILES string of the molecule is CC1(COc2ccc(Nc3ccc4cccc(O)c4n3)c(N)c2)COC1. The lowest BCUT2D eigenvalue weighted by Gasteiger charge is -2.37. The van der Waals surface area contributed by atoms with Crippen molar-refractivity contribution in [2.24, 2.45) is 5.41 Å². The van der Waals surface area contributed by atoms with Crippen LogP contribution in [0.1, 0.15) is 6.92 Å². The van der Waals surface area contributed by atoms with Crippen LogP contribution in [0.3, 0.4) is 0 Å². The lowest BCUT2D eigenvalue weighted by molar-refractivity contribution is -0.120. The van der Waals surface area contributed by atoms with Crippen molar-refractivity contribution in [2.75, 3.05) is 30.9 Å². The molecule has 1 aromatic heterocycles. The van der Waals surface area contributed by atoms with Gasteiger partial charge in [-0.1, -0.05) is 19.1 Å². The van der Waals surface area contributed by atoms with Crippen LogP contribution in [-0.2, 0) is 4.74 Å². The number of nitrogens with two attached hydrogens (primary N) is 1. The van der Waals surface area contributed by atoms with E-state index in [0.717, 1.165) is 30.0 Å². The number of pyridine rings is 1. The van der Waals surface area contributed by atoms with Gasteiger partial charge in [0.15, 0.2) is 0 Å². The number of phenolic OH excluding ortho intramolecular Hbond substituents is 1. The number of ether oxygens (including phenoxy) is 2. The number of aromatic hydroxyl groups is 1. The quantitative estimate of drug-likeness (QED) is 0.608. The van der Waals surface area contributed by atoms with Gasteiger partial charge in [-0.15, -0.1) is 0 Å². The van der Waals surface area contributed by atoms with Crippen LogP contribution in [0.5, 0.6) is 11.5 Å². The molecule has 1 aliphatic heterocycles. The van der Waals surface area contributed by atoms with Crippen molar-refractivity contribution in [3.05, 3.63) is 48.5 Å². The fraction of sp³-hybridized carbons (Fsp3) is 0.250. The molecule has 2 aromatic carbocycles. The van der Waals surface area contributed by atoms with Gasteiger partial charge in [0.25, 0.3) is 0 Å². The van der Waals surface area contributed by atoms with Crippen molar-refractivity contribution in [1.82, 2.24) is 4.98 Å². The van der Waals surface area contributed by atoms with E-state index >= 15 is 0 Å². The smallest absolute Gasteiger partial charge is 0.141 e. The Balaban J connectivity index is 1.50. The first-order valence-corrected chi connectivity index (χ1v) is 8.48. The Kier molecular flexibility index (Phi) is 4.05. The standard InChI is InChI=1S/C20H21N3O3/c1-20(10-25-11-20)12-26-14-6-7-16(15(21)9-14)22-18-8-5-13-3-2-4-17(24)19(13)23-18/h2-9,24H,10-12,21H2,1H3,(H,22,23). The summed E-state index contributed by atoms with van der Waals surface area (Å²) < 4.78 is 11.1. The maximum absolute atomic E-state index is 9.96. The Labute approximate surface area is 151 Å². The number of phenols is 1. The maximum atomic E-state index is 9.96. The van der Waals surface area contributed by atoms with Gasteiger partial charge in [0.05, 0.1) is 31.2 Å². The lowest BCUT2D eigenvalue weighted by atomic mass is 9.90. The average molecular weight is 351 g/mol. The number of fused-ring (bicyclic) bond motifs is 1. The van der Waals surface area contributed by atoms with E-state index in [0.29, 0.717) is 23.6 Å². The number of anilines is 3. The summed E-state index contributed by atoms with van der Waals surface area (Å²) in [6.07, 6.45) is 0. The van der Waals surface area contributed by atoms with Crippen molar-refractivity contribution in [1.29, 1.82) is 0 Å². The van der Waals surface area contributed by atoms with Crippen LogP contribution < -0.4 is 15.8 Å². The van der Waals surface area contributed by atoms with Crippen LogP contribution in [0.25, 0.3) is 10.9 Å². The topological polar surface area (TPSA) is 89.6 Å². The highest BCUT2D eigenvalue weighted by Crippen LogP contribution is 2.31. The number of benzene rings is 2. The molecule has 1 fully saturated rings. The second kappa shape index (κ2) is 6.38. The number of aromatic nitrogens is 1. The number of hydrogen-bond acceptors (Lipinski definition) is 6. The minimum atomic E-state index is 0.0860. The number of rotatable bonds is 5. The van der Waals surface area contributed by atoms with E-state index in [2.05, 4.69) is 17.2 Å². The summed E-state index contributed by atoms with van der Waals surface area (Å²) in [7, 11) is 0. The largest absolute Gasteiger partial charge is 0.506 e. The lowest BCUT2D eigenvalue weighted by Crippen LogP contribution is -2.44. The zero-order valence-corrected chi connectivity index (χ0v) is 14.5. The Morgan fingerprint density at radius 3 is 2.81 bits per heavy atom. The number of para-hydroxylation sites is 1. The van der Waals surface area contributed by atoms with Gasteiger partial charge in [0.2, 0.25) is 0 Å². The molecule has 1 aliphatic rings. The first-order chi connectivity index (χ1) is 12.5. The molecule has 0 radical (unpaired) electrons. The summed E-state index contributed by atoms with van der Waals surface area (Å²) in [6.45, 7) is 4.19. The van der Waals surface area contributed by atoms with E-state index in [1.807, 2.05) is 30.3 Å². The molecule has 6 nitrogen and oxygen atoms in total. The summed E-state index contributed by atoms with van der Waals surface area (Å²) >= 11 is 0. The molecule has 4 N–H and O–H groups in total. The molecule has 0 aliphatic carbocycles. The van der Waals surface area contributed by atoms with Crippen molar-refractivity contribution in [2.45, 2.75) is 6.92 Å². The molecular weight excluding hydrogens is 330 g/mol. The normalized spacial score (nSPS) is 15.4. The van der Waals surface area contributed by atoms with Gasteiger partial charge in [-0.05, 0) is 30.3 Å². The van der Waals surface area contributed by atoms with Crippen molar-refractivity contribution < 1.29 is 14.6 Å². The van der Waals surface area contributed by atoms with Gasteiger partial charge in [-0.3, -0.25) is 0 Å². The molecule has 0 saturated carbocycles. The van der Waals surface area contributed by atoms with E-state index in [1.165, 1.54) is 0 Å². The number of nitrogens with one attached hydrogen (secondary N) is 1. The Hall–Kier alpha value is -2.99. The second-order valence-electron chi connectivity index (χ2n) is 7.01. The van der Waals surface area contributed by atoms with E-state index < -0.39 is 0 Å². The highest BCUT2D eigenvalue weighted by atomic mass is 16.5. The maximum Gasteiger partial charge on any atom is 0.141 e. The van der Waals surface area contributed by atoms with Crippen LogP contribution in [0, 0.1) is 5.41 Å². The van der Waals surface area contributed by atoms with E-state index in [-0.39, 0.29) is 11.2 Å². The van der Waals surface area contributed by atoms with E-state index in [1.54, 1.807) is 18.2 Å². The molecule has 1 saturated heterocycles. The molecule has 134 valence electrons. The average Bonchev–Trinajstić information content (AvgIpc) is 2.61. The van der Waals surface area contributed by atoms with Crippen LogP contribution in [0.15, 0.2) is 48.5 Å². The predicted molar refractivity (Wildman–Crippen MR) is 102 cm³/mol. The van der Waals surface area contributed by atoms with Crippen molar-refractivity contribution in [3.8, 4) is 11.5 Å². The Morgan fingerprint density at radius 2 is 2.08 bits per heavy atom. The Bertz CT molecular complexity index is 954. The van der Waals surface area contributed by atoms with Gasteiger partial charge in [0.1, 0.15) is 22.8 Å². The summed E-state index contributed by atoms with van der Waals surface area (Å²) in [6, 6.07) is 14.6. The molecule has 4 rings (SSSR count). The van der Waals surface area contributed by atoms with Gasteiger partial charge in [-0.25, -0.2) is 4.98 Å². The predicted octanol–water partition coefficient (Wildman–Crippen LogP) is 3.68. The zero-order chi connectivity index (χ0) is 18.1. The molecule has 2 heterocycles. The first kappa shape index (κ1) is 16.5. The van der Waals surface area contributed by atoms with Gasteiger partial charge in [0, 0.05) is 16.9 Å². The summed E-state index contributed by atoms with van der Waals surface area (Å²) in [5.74, 6) is 1.49. The molecule has 0 spiro atoms. The van der Waals surface area contributed by atoms with E-state index in [9.17, 15) is 5.11 Å². The molecule has 0 bridgehead atoms. The second-order valence-corrected chi connectivity index (χ2v) is 7.01. The highest BCUT2D eigenvalue weighted by Gasteiger charge is 2.34. The third kappa shape index (κ3) is 3.23. The minimum absolute atomic E-state index is 0.0860. The van der Waals surface area contributed by atoms with Gasteiger partial charge >= 0.3 is 0 Å². The summed E-state index contributed by atoms with van der Waals surface area (Å²) in [5.41, 5.74) is 8.09. The highest BCUT2D eigenvalue weighted by molar-refractivity contribution is 5.86. The molecule has 6 heteroatoms. The van der Waals surface area contributed by atoms with Crippen LogP contribution in [-0.4, -0.2) is 29.9 Å². The van der Waals surface area contributed by atoms with E-state index in [4.69, 9.17) is 15.2 Å². The molecule has 0 amide bonds. The monoisotopic (exact) mass is 351 g/mol. The number of nitrogens with zero attached hydrogens (tertiary/aromatic N) is 1. The third-order valence-electron chi connectivity index (χ3n) is 4.47. The van der Waals surface area contributed by atoms with Gasteiger partial charge in [-0.2, -0.15) is 0 Å². The van der Waals surface area contributed by atoms with Crippen molar-refractivity contribution >= 4 is 28.1 Å². The zero-order valence-electron chi connectivity index (χ0n) is 14.5. The fourth-order valence-corrected chi connectivity index (χ4v) is 2.87. The number of nitrogen functional groups attached to an aromatic ring is 1. The first-order valence-electron chi connectivity index (χ1n) is 8.48. The van der Waals surface area contributed by atoms with Crippen LogP contribution >= 0.6 is 0 Å². The Morgan fingerprint density at radius 1 is 1.23 bits per heavy atom. The van der Waals surface area contributed by atoms with Crippen LogP contribution in [0.4, 0.5) is 17.2 Å². The molecule has 26 heavy (non-hydrogen) atoms. The summed E-state index contributed by atoms with van der Waals surface area (Å²) in [4.78, 5) is 4.46.